The number of carbonyl (C=O) groups is 5. The Hall–Kier alpha value is -3.52. The first-order chi connectivity index (χ1) is 15.4. The number of carbonyl (C=O) groups excluding carboxylic acids is 3. The van der Waals surface area contributed by atoms with Crippen LogP contribution in [0.25, 0.3) is 0 Å². The number of nitrogens with two attached hydrogens (primary N) is 1. The zero-order valence-electron chi connectivity index (χ0n) is 18.3. The molecule has 14 heteroatoms. The van der Waals surface area contributed by atoms with Crippen LogP contribution in [-0.4, -0.2) is 85.7 Å². The number of imidazole rings is 1. The van der Waals surface area contributed by atoms with Gasteiger partial charge in [-0.05, 0) is 12.3 Å². The van der Waals surface area contributed by atoms with Crippen LogP contribution in [0.15, 0.2) is 12.5 Å². The summed E-state index contributed by atoms with van der Waals surface area (Å²) in [7, 11) is 0. The van der Waals surface area contributed by atoms with Crippen LogP contribution in [-0.2, 0) is 30.4 Å². The van der Waals surface area contributed by atoms with Crippen molar-refractivity contribution in [3.63, 3.8) is 0 Å². The quantitative estimate of drug-likeness (QED) is 0.140. The number of nitrogens with zero attached hydrogens (tertiary/aromatic N) is 1. The van der Waals surface area contributed by atoms with Crippen molar-refractivity contribution < 1.29 is 39.3 Å². The zero-order valence-corrected chi connectivity index (χ0v) is 18.3. The van der Waals surface area contributed by atoms with E-state index in [-0.39, 0.29) is 18.8 Å². The van der Waals surface area contributed by atoms with Crippen LogP contribution in [0, 0.1) is 5.92 Å². The van der Waals surface area contributed by atoms with Crippen molar-refractivity contribution >= 4 is 29.7 Å². The van der Waals surface area contributed by atoms with Gasteiger partial charge in [0.25, 0.3) is 0 Å². The number of nitrogens with one attached hydrogen (secondary N) is 4. The Bertz CT molecular complexity index is 828. The van der Waals surface area contributed by atoms with Gasteiger partial charge in [-0.1, -0.05) is 13.8 Å². The Morgan fingerprint density at radius 2 is 1.58 bits per heavy atom. The number of hydrogen-bond acceptors (Lipinski definition) is 8. The minimum Gasteiger partial charge on any atom is -0.481 e. The maximum Gasteiger partial charge on any atom is 0.326 e. The number of aliphatic hydroxyl groups excluding tert-OH is 1. The van der Waals surface area contributed by atoms with E-state index in [1.165, 1.54) is 12.5 Å². The highest BCUT2D eigenvalue weighted by atomic mass is 16.4. The van der Waals surface area contributed by atoms with Gasteiger partial charge in [-0.2, -0.15) is 0 Å². The summed E-state index contributed by atoms with van der Waals surface area (Å²) >= 11 is 0. The van der Waals surface area contributed by atoms with Crippen LogP contribution < -0.4 is 21.7 Å². The van der Waals surface area contributed by atoms with E-state index in [1.54, 1.807) is 13.8 Å². The summed E-state index contributed by atoms with van der Waals surface area (Å²) in [5.74, 6) is -5.63. The van der Waals surface area contributed by atoms with E-state index in [0.717, 1.165) is 0 Å². The lowest BCUT2D eigenvalue weighted by Crippen LogP contribution is -2.58. The molecule has 0 aromatic carbocycles. The fourth-order valence-electron chi connectivity index (χ4n) is 2.82. The van der Waals surface area contributed by atoms with Crippen LogP contribution in [0.4, 0.5) is 0 Å². The van der Waals surface area contributed by atoms with Crippen molar-refractivity contribution in [2.45, 2.75) is 57.3 Å². The Kier molecular flexibility index (Phi) is 10.9. The van der Waals surface area contributed by atoms with Gasteiger partial charge in [0, 0.05) is 18.3 Å². The molecule has 0 spiro atoms. The fraction of sp³-hybridized carbons (Fsp3) is 0.579. The number of aliphatic carboxylic acids is 2. The summed E-state index contributed by atoms with van der Waals surface area (Å²) in [4.78, 5) is 66.1. The molecule has 1 rings (SSSR count). The molecule has 1 heterocycles. The lowest BCUT2D eigenvalue weighted by atomic mass is 10.0. The van der Waals surface area contributed by atoms with Gasteiger partial charge in [0.15, 0.2) is 0 Å². The van der Waals surface area contributed by atoms with Crippen molar-refractivity contribution in [2.75, 3.05) is 6.61 Å². The minimum absolute atomic E-state index is 0.0857. The number of rotatable bonds is 14. The zero-order chi connectivity index (χ0) is 25.1. The topological polar surface area (TPSA) is 237 Å². The van der Waals surface area contributed by atoms with Crippen molar-refractivity contribution in [1.82, 2.24) is 25.9 Å². The molecule has 0 aliphatic rings. The number of amides is 3. The molecule has 4 atom stereocenters. The number of H-pyrrole nitrogens is 1. The Balaban J connectivity index is 2.82. The molecule has 184 valence electrons. The number of hydrogen-bond donors (Lipinski definition) is 8. The molecule has 1 aromatic rings. The van der Waals surface area contributed by atoms with E-state index in [1.807, 2.05) is 0 Å². The molecule has 9 N–H and O–H groups in total. The maximum atomic E-state index is 12.6. The van der Waals surface area contributed by atoms with E-state index in [0.29, 0.717) is 5.69 Å². The van der Waals surface area contributed by atoms with Crippen LogP contribution in [0.2, 0.25) is 0 Å². The first-order valence-corrected chi connectivity index (χ1v) is 10.1. The predicted octanol–water partition coefficient (Wildman–Crippen LogP) is -2.67. The van der Waals surface area contributed by atoms with Gasteiger partial charge >= 0.3 is 11.9 Å². The van der Waals surface area contributed by atoms with Crippen LogP contribution >= 0.6 is 0 Å². The maximum absolute atomic E-state index is 12.6. The second kappa shape index (κ2) is 13.1. The number of carboxylic acid groups (broad SMARTS) is 2. The van der Waals surface area contributed by atoms with E-state index >= 15 is 0 Å². The average Bonchev–Trinajstić information content (AvgIpc) is 3.22. The molecule has 33 heavy (non-hydrogen) atoms. The van der Waals surface area contributed by atoms with Gasteiger partial charge in [0.1, 0.15) is 18.1 Å². The molecule has 0 fully saturated rings. The molecular formula is C19H30N6O8. The van der Waals surface area contributed by atoms with Gasteiger partial charge in [-0.3, -0.25) is 19.2 Å². The van der Waals surface area contributed by atoms with Crippen molar-refractivity contribution in [2.24, 2.45) is 11.7 Å². The third kappa shape index (κ3) is 9.65. The highest BCUT2D eigenvalue weighted by Gasteiger charge is 2.31. The first-order valence-electron chi connectivity index (χ1n) is 10.1. The normalized spacial score (nSPS) is 14.6. The fourth-order valence-corrected chi connectivity index (χ4v) is 2.82. The third-order valence-electron chi connectivity index (χ3n) is 4.48. The van der Waals surface area contributed by atoms with Crippen LogP contribution in [0.1, 0.15) is 32.4 Å². The van der Waals surface area contributed by atoms with Gasteiger partial charge in [-0.15, -0.1) is 0 Å². The lowest BCUT2D eigenvalue weighted by molar-refractivity contribution is -0.147. The molecule has 14 nitrogen and oxygen atoms in total. The molecule has 3 amide bonds. The van der Waals surface area contributed by atoms with Gasteiger partial charge < -0.3 is 42.0 Å². The number of aromatic amines is 1. The third-order valence-corrected chi connectivity index (χ3v) is 4.48. The molecule has 1 aromatic heterocycles. The first kappa shape index (κ1) is 27.5. The monoisotopic (exact) mass is 470 g/mol. The summed E-state index contributed by atoms with van der Waals surface area (Å²) in [6, 6.07) is -5.41. The standard InChI is InChI=1S/C19H30N6O8/c1-9(2)3-12(17(30)24-13(19(32)33)5-15(27)28)23-18(31)14(7-26)25-16(29)11(20)4-10-6-21-8-22-10/h6,8-9,11-14,26H,3-5,7,20H2,1-2H3,(H,21,22)(H,23,31)(H,24,30)(H,25,29)(H,27,28)(H,32,33). The number of aliphatic hydroxyl groups is 1. The molecular weight excluding hydrogens is 440 g/mol. The highest BCUT2D eigenvalue weighted by Crippen LogP contribution is 2.07. The molecule has 0 radical (unpaired) electrons. The Morgan fingerprint density at radius 1 is 1.00 bits per heavy atom. The summed E-state index contributed by atoms with van der Waals surface area (Å²) in [6.07, 6.45) is 2.22. The molecule has 0 saturated carbocycles. The second-order valence-electron chi connectivity index (χ2n) is 7.82. The van der Waals surface area contributed by atoms with Gasteiger partial charge in [0.2, 0.25) is 17.7 Å². The minimum atomic E-state index is -1.70. The smallest absolute Gasteiger partial charge is 0.326 e. The van der Waals surface area contributed by atoms with Crippen LogP contribution in [0.5, 0.6) is 0 Å². The number of carboxylic acids is 2. The van der Waals surface area contributed by atoms with Gasteiger partial charge in [-0.25, -0.2) is 9.78 Å². The van der Waals surface area contributed by atoms with Gasteiger partial charge in [0.05, 0.1) is 25.4 Å². The molecule has 0 saturated heterocycles. The highest BCUT2D eigenvalue weighted by molar-refractivity contribution is 5.94. The molecule has 0 aliphatic carbocycles. The Labute approximate surface area is 189 Å². The van der Waals surface area contributed by atoms with E-state index < -0.39 is 66.9 Å². The number of aromatic nitrogens is 2. The summed E-state index contributed by atoms with van der Waals surface area (Å²) in [5.41, 5.74) is 6.40. The van der Waals surface area contributed by atoms with E-state index in [9.17, 15) is 29.1 Å². The van der Waals surface area contributed by atoms with Crippen molar-refractivity contribution in [3.05, 3.63) is 18.2 Å². The lowest BCUT2D eigenvalue weighted by Gasteiger charge is -2.25. The average molecular weight is 470 g/mol. The SMILES string of the molecule is CC(C)CC(NC(=O)C(CO)NC(=O)C(N)Cc1cnc[nH]1)C(=O)NC(CC(=O)O)C(=O)O. The molecule has 4 unspecified atom stereocenters. The van der Waals surface area contributed by atoms with E-state index in [4.69, 9.17) is 15.9 Å². The molecule has 0 bridgehead atoms. The predicted molar refractivity (Wildman–Crippen MR) is 112 cm³/mol. The second-order valence-corrected chi connectivity index (χ2v) is 7.82. The summed E-state index contributed by atoms with van der Waals surface area (Å²) in [6.45, 7) is 2.71. The largest absolute Gasteiger partial charge is 0.481 e. The van der Waals surface area contributed by atoms with Crippen molar-refractivity contribution in [1.29, 1.82) is 0 Å². The summed E-state index contributed by atoms with van der Waals surface area (Å²) in [5, 5.41) is 34.2. The molecule has 0 aliphatic heterocycles. The van der Waals surface area contributed by atoms with Crippen molar-refractivity contribution in [3.8, 4) is 0 Å². The van der Waals surface area contributed by atoms with E-state index in [2.05, 4.69) is 25.9 Å². The summed E-state index contributed by atoms with van der Waals surface area (Å²) < 4.78 is 0. The Morgan fingerprint density at radius 3 is 2.06 bits per heavy atom. The van der Waals surface area contributed by atoms with Crippen LogP contribution in [0.3, 0.4) is 0 Å².